The highest BCUT2D eigenvalue weighted by atomic mass is 32.2. The van der Waals surface area contributed by atoms with E-state index >= 15 is 0 Å². The molecule has 0 unspecified atom stereocenters. The summed E-state index contributed by atoms with van der Waals surface area (Å²) >= 11 is 1.27. The number of benzene rings is 1. The number of carbonyl (C=O) groups is 2. The van der Waals surface area contributed by atoms with Gasteiger partial charge >= 0.3 is 0 Å². The molecule has 0 saturated carbocycles. The fourth-order valence-electron chi connectivity index (χ4n) is 2.78. The number of anilines is 2. The molecule has 1 aromatic carbocycles. The van der Waals surface area contributed by atoms with Crippen molar-refractivity contribution < 1.29 is 9.59 Å². The van der Waals surface area contributed by atoms with Gasteiger partial charge in [0.1, 0.15) is 11.4 Å². The SMILES string of the molecule is CCCc1nc(SCC(=O)N2c3ccccc3NC(=O)C2(C)C)n[nH]1. The van der Waals surface area contributed by atoms with Crippen molar-refractivity contribution in [1.82, 2.24) is 15.2 Å². The number of rotatable bonds is 5. The second-order valence-electron chi connectivity index (χ2n) is 6.36. The molecule has 0 spiro atoms. The molecule has 1 aliphatic heterocycles. The minimum atomic E-state index is -0.960. The van der Waals surface area contributed by atoms with Crippen LogP contribution in [-0.4, -0.2) is 38.3 Å². The van der Waals surface area contributed by atoms with E-state index in [9.17, 15) is 9.59 Å². The summed E-state index contributed by atoms with van der Waals surface area (Å²) in [6.45, 7) is 5.56. The fourth-order valence-corrected chi connectivity index (χ4v) is 3.45. The standard InChI is InChI=1S/C17H21N5O2S/c1-4-7-13-19-16(21-20-13)25-10-14(23)22-12-9-6-5-8-11(12)18-15(24)17(22,2)3/h5-6,8-9H,4,7,10H2,1-3H3,(H,18,24)(H,19,20,21). The van der Waals surface area contributed by atoms with Crippen LogP contribution < -0.4 is 10.2 Å². The van der Waals surface area contributed by atoms with Crippen molar-refractivity contribution in [2.75, 3.05) is 16.0 Å². The summed E-state index contributed by atoms with van der Waals surface area (Å²) in [5, 5.41) is 10.4. The van der Waals surface area contributed by atoms with Gasteiger partial charge in [-0.1, -0.05) is 30.8 Å². The van der Waals surface area contributed by atoms with Gasteiger partial charge in [0.05, 0.1) is 17.1 Å². The Morgan fingerprint density at radius 1 is 1.32 bits per heavy atom. The molecule has 0 bridgehead atoms. The lowest BCUT2D eigenvalue weighted by Gasteiger charge is -2.42. The van der Waals surface area contributed by atoms with E-state index in [-0.39, 0.29) is 17.6 Å². The van der Waals surface area contributed by atoms with Crippen LogP contribution in [0.15, 0.2) is 29.4 Å². The van der Waals surface area contributed by atoms with Crippen LogP contribution in [0.25, 0.3) is 0 Å². The first kappa shape index (κ1) is 17.5. The third-order valence-corrected chi connectivity index (χ3v) is 4.91. The van der Waals surface area contributed by atoms with Crippen LogP contribution in [0.2, 0.25) is 0 Å². The Morgan fingerprint density at radius 3 is 2.84 bits per heavy atom. The highest BCUT2D eigenvalue weighted by Gasteiger charge is 2.43. The maximum absolute atomic E-state index is 12.9. The molecule has 132 valence electrons. The highest BCUT2D eigenvalue weighted by Crippen LogP contribution is 2.37. The number of hydrogen-bond donors (Lipinski definition) is 2. The fraction of sp³-hybridized carbons (Fsp3) is 0.412. The Hall–Kier alpha value is -2.35. The Morgan fingerprint density at radius 2 is 2.08 bits per heavy atom. The lowest BCUT2D eigenvalue weighted by atomic mass is 9.96. The van der Waals surface area contributed by atoms with Gasteiger partial charge in [0.25, 0.3) is 0 Å². The van der Waals surface area contributed by atoms with Gasteiger partial charge < -0.3 is 5.32 Å². The van der Waals surface area contributed by atoms with Gasteiger partial charge in [0.2, 0.25) is 17.0 Å². The molecule has 7 nitrogen and oxygen atoms in total. The van der Waals surface area contributed by atoms with E-state index < -0.39 is 5.54 Å². The predicted octanol–water partition coefficient (Wildman–Crippen LogP) is 2.61. The first-order valence-corrected chi connectivity index (χ1v) is 9.19. The van der Waals surface area contributed by atoms with E-state index in [4.69, 9.17) is 0 Å². The quantitative estimate of drug-likeness (QED) is 0.801. The number of aromatic amines is 1. The first-order valence-electron chi connectivity index (χ1n) is 8.21. The number of thioether (sulfide) groups is 1. The zero-order valence-electron chi connectivity index (χ0n) is 14.5. The third-order valence-electron chi connectivity index (χ3n) is 4.08. The number of carbonyl (C=O) groups excluding carboxylic acids is 2. The zero-order chi connectivity index (χ0) is 18.0. The third kappa shape index (κ3) is 3.39. The second-order valence-corrected chi connectivity index (χ2v) is 7.31. The molecule has 0 fully saturated rings. The molecule has 3 rings (SSSR count). The number of nitrogens with one attached hydrogen (secondary N) is 2. The summed E-state index contributed by atoms with van der Waals surface area (Å²) in [7, 11) is 0. The van der Waals surface area contributed by atoms with Gasteiger partial charge in [-0.15, -0.1) is 5.10 Å². The summed E-state index contributed by atoms with van der Waals surface area (Å²) in [4.78, 5) is 31.2. The average Bonchev–Trinajstić information content (AvgIpc) is 3.02. The Labute approximate surface area is 150 Å². The smallest absolute Gasteiger partial charge is 0.250 e. The number of aryl methyl sites for hydroxylation is 1. The summed E-state index contributed by atoms with van der Waals surface area (Å²) in [6, 6.07) is 7.32. The summed E-state index contributed by atoms with van der Waals surface area (Å²) in [5.74, 6) is 0.626. The molecule has 2 N–H and O–H groups in total. The Balaban J connectivity index is 1.78. The van der Waals surface area contributed by atoms with Crippen molar-refractivity contribution in [3.8, 4) is 0 Å². The van der Waals surface area contributed by atoms with Gasteiger partial charge in [-0.25, -0.2) is 4.98 Å². The number of nitrogens with zero attached hydrogens (tertiary/aromatic N) is 3. The van der Waals surface area contributed by atoms with Gasteiger partial charge in [-0.05, 0) is 32.4 Å². The van der Waals surface area contributed by atoms with E-state index in [0.717, 1.165) is 18.7 Å². The van der Waals surface area contributed by atoms with Crippen LogP contribution in [0.1, 0.15) is 33.0 Å². The molecule has 2 amide bonds. The maximum Gasteiger partial charge on any atom is 0.250 e. The molecule has 8 heteroatoms. The number of fused-ring (bicyclic) bond motifs is 1. The van der Waals surface area contributed by atoms with Gasteiger partial charge in [-0.2, -0.15) is 0 Å². The molecule has 2 heterocycles. The monoisotopic (exact) mass is 359 g/mol. The van der Waals surface area contributed by atoms with Crippen molar-refractivity contribution in [3.63, 3.8) is 0 Å². The molecule has 2 aromatic rings. The molecule has 0 radical (unpaired) electrons. The summed E-state index contributed by atoms with van der Waals surface area (Å²) in [6.07, 6.45) is 1.81. The zero-order valence-corrected chi connectivity index (χ0v) is 15.3. The molecule has 0 aliphatic carbocycles. The minimum Gasteiger partial charge on any atom is -0.322 e. The highest BCUT2D eigenvalue weighted by molar-refractivity contribution is 7.99. The first-order chi connectivity index (χ1) is 11.9. The van der Waals surface area contributed by atoms with Crippen molar-refractivity contribution in [2.45, 2.75) is 44.3 Å². The largest absolute Gasteiger partial charge is 0.322 e. The second kappa shape index (κ2) is 6.87. The number of aromatic nitrogens is 3. The van der Waals surface area contributed by atoms with E-state index in [1.807, 2.05) is 18.2 Å². The van der Waals surface area contributed by atoms with Crippen LogP contribution in [-0.2, 0) is 16.0 Å². The van der Waals surface area contributed by atoms with E-state index in [1.54, 1.807) is 24.8 Å². The number of H-pyrrole nitrogens is 1. The number of hydrogen-bond acceptors (Lipinski definition) is 5. The molecular formula is C17H21N5O2S. The van der Waals surface area contributed by atoms with E-state index in [2.05, 4.69) is 27.4 Å². The lowest BCUT2D eigenvalue weighted by molar-refractivity contribution is -0.125. The van der Waals surface area contributed by atoms with Crippen molar-refractivity contribution in [3.05, 3.63) is 30.1 Å². The maximum atomic E-state index is 12.9. The summed E-state index contributed by atoms with van der Waals surface area (Å²) < 4.78 is 0. The molecule has 25 heavy (non-hydrogen) atoms. The Bertz CT molecular complexity index is 802. The molecule has 0 atom stereocenters. The number of amides is 2. The average molecular weight is 359 g/mol. The van der Waals surface area contributed by atoms with Crippen molar-refractivity contribution >= 4 is 35.0 Å². The lowest BCUT2D eigenvalue weighted by Crippen LogP contribution is -2.58. The van der Waals surface area contributed by atoms with Crippen molar-refractivity contribution in [1.29, 1.82) is 0 Å². The van der Waals surface area contributed by atoms with Gasteiger partial charge in [0, 0.05) is 6.42 Å². The van der Waals surface area contributed by atoms with Crippen LogP contribution in [0.5, 0.6) is 0 Å². The van der Waals surface area contributed by atoms with Crippen LogP contribution in [0.3, 0.4) is 0 Å². The Kier molecular flexibility index (Phi) is 4.80. The molecule has 1 aliphatic rings. The topological polar surface area (TPSA) is 91.0 Å². The van der Waals surface area contributed by atoms with Crippen LogP contribution >= 0.6 is 11.8 Å². The van der Waals surface area contributed by atoms with Gasteiger partial charge in [-0.3, -0.25) is 19.6 Å². The van der Waals surface area contributed by atoms with Crippen LogP contribution in [0, 0.1) is 0 Å². The van der Waals surface area contributed by atoms with Crippen LogP contribution in [0.4, 0.5) is 11.4 Å². The summed E-state index contributed by atoms with van der Waals surface area (Å²) in [5.41, 5.74) is 0.394. The van der Waals surface area contributed by atoms with Crippen molar-refractivity contribution in [2.24, 2.45) is 0 Å². The molecule has 1 aromatic heterocycles. The predicted molar refractivity (Wildman–Crippen MR) is 97.7 cm³/mol. The molecular weight excluding hydrogens is 338 g/mol. The molecule has 0 saturated heterocycles. The van der Waals surface area contributed by atoms with E-state index in [1.165, 1.54) is 11.8 Å². The van der Waals surface area contributed by atoms with Gasteiger partial charge in [0.15, 0.2) is 0 Å². The number of para-hydroxylation sites is 2. The minimum absolute atomic E-state index is 0.154. The normalized spacial score (nSPS) is 15.6. The van der Waals surface area contributed by atoms with E-state index in [0.29, 0.717) is 16.5 Å².